The Kier molecular flexibility index (Phi) is 3.15. The summed E-state index contributed by atoms with van der Waals surface area (Å²) in [5, 5.41) is 3.22. The molecule has 0 atom stereocenters. The van der Waals surface area contributed by atoms with Crippen LogP contribution >= 0.6 is 0 Å². The van der Waals surface area contributed by atoms with Gasteiger partial charge in [-0.2, -0.15) is 0 Å². The van der Waals surface area contributed by atoms with Crippen LogP contribution in [0.1, 0.15) is 25.0 Å². The first-order valence-electron chi connectivity index (χ1n) is 4.62. The van der Waals surface area contributed by atoms with Crippen LogP contribution in [-0.2, 0) is 12.8 Å². The number of hydrogen-bond acceptors (Lipinski definition) is 1. The summed E-state index contributed by atoms with van der Waals surface area (Å²) in [5.74, 6) is 0. The van der Waals surface area contributed by atoms with E-state index in [-0.39, 0.29) is 0 Å². The minimum absolute atomic E-state index is 1.11. The molecule has 0 aliphatic rings. The van der Waals surface area contributed by atoms with E-state index in [9.17, 15) is 0 Å². The highest BCUT2D eigenvalue weighted by atomic mass is 14.8. The van der Waals surface area contributed by atoms with Crippen molar-refractivity contribution in [1.82, 2.24) is 0 Å². The van der Waals surface area contributed by atoms with Crippen molar-refractivity contribution in [3.63, 3.8) is 0 Å². The first-order chi connectivity index (χ1) is 5.83. The lowest BCUT2D eigenvalue weighted by molar-refractivity contribution is 1.04. The molecule has 0 radical (unpaired) electrons. The average Bonchev–Trinajstić information content (AvgIpc) is 2.16. The molecule has 12 heavy (non-hydrogen) atoms. The number of rotatable bonds is 3. The predicted octanol–water partition coefficient (Wildman–Crippen LogP) is 2.85. The highest BCUT2D eigenvalue weighted by Crippen LogP contribution is 2.20. The van der Waals surface area contributed by atoms with Crippen LogP contribution in [0, 0.1) is 0 Å². The summed E-state index contributed by atoms with van der Waals surface area (Å²) in [6.45, 7) is 4.41. The van der Waals surface area contributed by atoms with E-state index in [1.165, 1.54) is 16.8 Å². The van der Waals surface area contributed by atoms with E-state index < -0.39 is 0 Å². The van der Waals surface area contributed by atoms with Gasteiger partial charge in [0.05, 0.1) is 0 Å². The zero-order valence-corrected chi connectivity index (χ0v) is 8.15. The molecule has 66 valence electrons. The van der Waals surface area contributed by atoms with Gasteiger partial charge in [0, 0.05) is 12.7 Å². The van der Waals surface area contributed by atoms with Gasteiger partial charge in [-0.25, -0.2) is 0 Å². The van der Waals surface area contributed by atoms with Gasteiger partial charge in [0.1, 0.15) is 0 Å². The second-order valence-corrected chi connectivity index (χ2v) is 2.90. The first kappa shape index (κ1) is 9.11. The molecule has 1 N–H and O–H groups in total. The van der Waals surface area contributed by atoms with Crippen molar-refractivity contribution in [1.29, 1.82) is 0 Å². The molecule has 0 bridgehead atoms. The summed E-state index contributed by atoms with van der Waals surface area (Å²) in [7, 11) is 1.98. The lowest BCUT2D eigenvalue weighted by Crippen LogP contribution is -1.98. The Bertz CT molecular complexity index is 231. The fraction of sp³-hybridized carbons (Fsp3) is 0.455. The first-order valence-corrected chi connectivity index (χ1v) is 4.62. The third-order valence-corrected chi connectivity index (χ3v) is 2.28. The standard InChI is InChI=1S/C11H17N/c1-4-9-7-6-8-11(12-3)10(9)5-2/h6-8,12H,4-5H2,1-3H3. The molecular weight excluding hydrogens is 146 g/mol. The van der Waals surface area contributed by atoms with Crippen LogP contribution in [0.15, 0.2) is 18.2 Å². The van der Waals surface area contributed by atoms with Crippen LogP contribution in [0.3, 0.4) is 0 Å². The van der Waals surface area contributed by atoms with Crippen molar-refractivity contribution >= 4 is 5.69 Å². The summed E-state index contributed by atoms with van der Waals surface area (Å²) in [6.07, 6.45) is 2.24. The SMILES string of the molecule is CCc1cccc(NC)c1CC. The number of hydrogen-bond donors (Lipinski definition) is 1. The number of benzene rings is 1. The fourth-order valence-electron chi connectivity index (χ4n) is 1.62. The molecule has 1 aromatic carbocycles. The maximum atomic E-state index is 3.22. The Morgan fingerprint density at radius 2 is 1.92 bits per heavy atom. The van der Waals surface area contributed by atoms with E-state index >= 15 is 0 Å². The minimum Gasteiger partial charge on any atom is -0.388 e. The van der Waals surface area contributed by atoms with Crippen LogP contribution < -0.4 is 5.32 Å². The molecular formula is C11H17N. The van der Waals surface area contributed by atoms with Crippen molar-refractivity contribution in [2.75, 3.05) is 12.4 Å². The molecule has 1 rings (SSSR count). The Morgan fingerprint density at radius 1 is 1.17 bits per heavy atom. The molecule has 0 unspecified atom stereocenters. The maximum absolute atomic E-state index is 3.22. The van der Waals surface area contributed by atoms with Gasteiger partial charge in [-0.05, 0) is 30.0 Å². The molecule has 1 heteroatoms. The van der Waals surface area contributed by atoms with Crippen molar-refractivity contribution in [2.24, 2.45) is 0 Å². The Labute approximate surface area is 74.8 Å². The van der Waals surface area contributed by atoms with E-state index in [4.69, 9.17) is 0 Å². The molecule has 1 nitrogen and oxygen atoms in total. The summed E-state index contributed by atoms with van der Waals surface area (Å²) in [6, 6.07) is 6.46. The number of aryl methyl sites for hydroxylation is 1. The van der Waals surface area contributed by atoms with E-state index in [2.05, 4.69) is 37.4 Å². The summed E-state index contributed by atoms with van der Waals surface area (Å²) in [4.78, 5) is 0. The smallest absolute Gasteiger partial charge is 0.0372 e. The highest BCUT2D eigenvalue weighted by Gasteiger charge is 2.02. The lowest BCUT2D eigenvalue weighted by Gasteiger charge is -2.11. The van der Waals surface area contributed by atoms with Gasteiger partial charge in [-0.3, -0.25) is 0 Å². The van der Waals surface area contributed by atoms with Crippen LogP contribution in [0.2, 0.25) is 0 Å². The third kappa shape index (κ3) is 1.60. The average molecular weight is 163 g/mol. The number of nitrogens with one attached hydrogen (secondary N) is 1. The molecule has 0 aliphatic carbocycles. The molecule has 0 spiro atoms. The molecule has 0 fully saturated rings. The van der Waals surface area contributed by atoms with Crippen LogP contribution in [0.4, 0.5) is 5.69 Å². The van der Waals surface area contributed by atoms with Crippen LogP contribution in [-0.4, -0.2) is 7.05 Å². The fourth-order valence-corrected chi connectivity index (χ4v) is 1.62. The summed E-state index contributed by atoms with van der Waals surface area (Å²) >= 11 is 0. The number of anilines is 1. The normalized spacial score (nSPS) is 9.92. The van der Waals surface area contributed by atoms with Crippen molar-refractivity contribution in [3.05, 3.63) is 29.3 Å². The quantitative estimate of drug-likeness (QED) is 0.722. The molecule has 0 saturated heterocycles. The van der Waals surface area contributed by atoms with Gasteiger partial charge in [-0.15, -0.1) is 0 Å². The van der Waals surface area contributed by atoms with Gasteiger partial charge in [0.25, 0.3) is 0 Å². The van der Waals surface area contributed by atoms with Crippen molar-refractivity contribution in [3.8, 4) is 0 Å². The topological polar surface area (TPSA) is 12.0 Å². The second kappa shape index (κ2) is 4.15. The van der Waals surface area contributed by atoms with Crippen molar-refractivity contribution in [2.45, 2.75) is 26.7 Å². The van der Waals surface area contributed by atoms with Gasteiger partial charge >= 0.3 is 0 Å². The van der Waals surface area contributed by atoms with Crippen LogP contribution in [0.5, 0.6) is 0 Å². The van der Waals surface area contributed by atoms with Gasteiger partial charge < -0.3 is 5.32 Å². The summed E-state index contributed by atoms with van der Waals surface area (Å²) in [5.41, 5.74) is 4.20. The Balaban J connectivity index is 3.13. The van der Waals surface area contributed by atoms with Gasteiger partial charge in [0.15, 0.2) is 0 Å². The Morgan fingerprint density at radius 3 is 2.42 bits per heavy atom. The van der Waals surface area contributed by atoms with E-state index in [1.54, 1.807) is 0 Å². The third-order valence-electron chi connectivity index (χ3n) is 2.28. The van der Waals surface area contributed by atoms with Crippen LogP contribution in [0.25, 0.3) is 0 Å². The van der Waals surface area contributed by atoms with E-state index in [0.717, 1.165) is 12.8 Å². The molecule has 0 aliphatic heterocycles. The molecule has 0 amide bonds. The zero-order valence-electron chi connectivity index (χ0n) is 8.15. The Hall–Kier alpha value is -0.980. The zero-order chi connectivity index (χ0) is 8.97. The second-order valence-electron chi connectivity index (χ2n) is 2.90. The molecule has 1 aromatic rings. The van der Waals surface area contributed by atoms with Gasteiger partial charge in [0.2, 0.25) is 0 Å². The maximum Gasteiger partial charge on any atom is 0.0372 e. The molecule has 0 aromatic heterocycles. The van der Waals surface area contributed by atoms with Crippen molar-refractivity contribution < 1.29 is 0 Å². The largest absolute Gasteiger partial charge is 0.388 e. The van der Waals surface area contributed by atoms with E-state index in [1.807, 2.05) is 7.05 Å². The highest BCUT2D eigenvalue weighted by molar-refractivity contribution is 5.54. The lowest BCUT2D eigenvalue weighted by atomic mass is 10.0. The predicted molar refractivity (Wildman–Crippen MR) is 54.7 cm³/mol. The molecule has 0 heterocycles. The monoisotopic (exact) mass is 163 g/mol. The minimum atomic E-state index is 1.11. The summed E-state index contributed by atoms with van der Waals surface area (Å²) < 4.78 is 0. The van der Waals surface area contributed by atoms with E-state index in [0.29, 0.717) is 0 Å². The van der Waals surface area contributed by atoms with Gasteiger partial charge in [-0.1, -0.05) is 26.0 Å². The molecule has 0 saturated carbocycles.